The fraction of sp³-hybridized carbons (Fsp3) is 0.0714. The Kier molecular flexibility index (Phi) is 3.81. The van der Waals surface area contributed by atoms with Gasteiger partial charge in [0.15, 0.2) is 5.16 Å². The maximum absolute atomic E-state index is 10.8. The van der Waals surface area contributed by atoms with Crippen LogP contribution in [0.3, 0.4) is 0 Å². The van der Waals surface area contributed by atoms with Crippen molar-refractivity contribution in [3.63, 3.8) is 0 Å². The summed E-state index contributed by atoms with van der Waals surface area (Å²) in [5, 5.41) is 10.1. The van der Waals surface area contributed by atoms with Gasteiger partial charge in [0.05, 0.1) is 17.5 Å². The second-order valence-electron chi connectivity index (χ2n) is 4.26. The Labute approximate surface area is 129 Å². The standard InChI is InChI=1S/C14H10ClN3O2S/c15-9-2-1-3-10(6-9)18-12-4-5-16-7-11(12)17-14(18)21-8-13(19)20/h1-7H,8H2,(H,19,20). The van der Waals surface area contributed by atoms with Crippen molar-refractivity contribution in [1.29, 1.82) is 0 Å². The van der Waals surface area contributed by atoms with Crippen molar-refractivity contribution < 1.29 is 9.90 Å². The van der Waals surface area contributed by atoms with Crippen molar-refractivity contribution in [2.24, 2.45) is 0 Å². The quantitative estimate of drug-likeness (QED) is 0.748. The molecule has 3 aromatic rings. The minimum absolute atomic E-state index is 0.0582. The SMILES string of the molecule is O=C(O)CSc1nc2cnccc2n1-c1cccc(Cl)c1. The minimum atomic E-state index is -0.886. The van der Waals surface area contributed by atoms with Crippen molar-refractivity contribution in [2.75, 3.05) is 5.75 Å². The van der Waals surface area contributed by atoms with Gasteiger partial charge in [-0.05, 0) is 24.3 Å². The molecule has 3 rings (SSSR count). The summed E-state index contributed by atoms with van der Waals surface area (Å²) in [4.78, 5) is 19.3. The highest BCUT2D eigenvalue weighted by Crippen LogP contribution is 2.28. The average molecular weight is 320 g/mol. The van der Waals surface area contributed by atoms with Gasteiger partial charge in [0.2, 0.25) is 0 Å². The second-order valence-corrected chi connectivity index (χ2v) is 5.64. The summed E-state index contributed by atoms with van der Waals surface area (Å²) >= 11 is 7.21. The molecule has 2 aromatic heterocycles. The van der Waals surface area contributed by atoms with Gasteiger partial charge in [-0.1, -0.05) is 29.4 Å². The van der Waals surface area contributed by atoms with Crippen LogP contribution in [0, 0.1) is 0 Å². The summed E-state index contributed by atoms with van der Waals surface area (Å²) in [5.41, 5.74) is 2.41. The van der Waals surface area contributed by atoms with Gasteiger partial charge in [0.1, 0.15) is 5.52 Å². The summed E-state index contributed by atoms with van der Waals surface area (Å²) in [7, 11) is 0. The van der Waals surface area contributed by atoms with Crippen LogP contribution >= 0.6 is 23.4 Å². The van der Waals surface area contributed by atoms with Crippen LogP contribution in [0.2, 0.25) is 5.02 Å². The summed E-state index contributed by atoms with van der Waals surface area (Å²) in [5.74, 6) is -0.944. The maximum Gasteiger partial charge on any atom is 0.313 e. The molecule has 0 aliphatic heterocycles. The lowest BCUT2D eigenvalue weighted by Gasteiger charge is -2.08. The zero-order valence-corrected chi connectivity index (χ0v) is 12.3. The smallest absolute Gasteiger partial charge is 0.313 e. The molecule has 1 aromatic carbocycles. The Hall–Kier alpha value is -2.05. The van der Waals surface area contributed by atoms with Crippen LogP contribution in [0.25, 0.3) is 16.7 Å². The van der Waals surface area contributed by atoms with Crippen molar-refractivity contribution in [1.82, 2.24) is 14.5 Å². The van der Waals surface area contributed by atoms with E-state index < -0.39 is 5.97 Å². The lowest BCUT2D eigenvalue weighted by atomic mass is 10.3. The molecule has 0 bridgehead atoms. The highest BCUT2D eigenvalue weighted by Gasteiger charge is 2.14. The maximum atomic E-state index is 10.8. The van der Waals surface area contributed by atoms with Crippen LogP contribution in [-0.2, 0) is 4.79 Å². The van der Waals surface area contributed by atoms with Gasteiger partial charge in [-0.3, -0.25) is 14.3 Å². The molecule has 0 aliphatic rings. The summed E-state index contributed by atoms with van der Waals surface area (Å²) in [6.07, 6.45) is 3.33. The zero-order chi connectivity index (χ0) is 14.8. The van der Waals surface area contributed by atoms with Crippen LogP contribution in [0.4, 0.5) is 0 Å². The Bertz CT molecular complexity index is 819. The Morgan fingerprint density at radius 3 is 3.00 bits per heavy atom. The lowest BCUT2D eigenvalue weighted by molar-refractivity contribution is -0.133. The number of carbonyl (C=O) groups is 1. The van der Waals surface area contributed by atoms with Crippen LogP contribution < -0.4 is 0 Å². The number of pyridine rings is 1. The summed E-state index contributed by atoms with van der Waals surface area (Å²) in [6.45, 7) is 0. The largest absolute Gasteiger partial charge is 0.481 e. The number of hydrogen-bond acceptors (Lipinski definition) is 4. The normalized spacial score (nSPS) is 10.9. The van der Waals surface area contributed by atoms with Crippen LogP contribution in [0.5, 0.6) is 0 Å². The highest BCUT2D eigenvalue weighted by atomic mass is 35.5. The molecule has 2 heterocycles. The number of carboxylic acid groups (broad SMARTS) is 1. The van der Waals surface area contributed by atoms with Gasteiger partial charge in [0, 0.05) is 16.9 Å². The molecular formula is C14H10ClN3O2S. The molecule has 0 fully saturated rings. The summed E-state index contributed by atoms with van der Waals surface area (Å²) < 4.78 is 1.89. The van der Waals surface area contributed by atoms with Crippen molar-refractivity contribution in [2.45, 2.75) is 5.16 Å². The van der Waals surface area contributed by atoms with Crippen molar-refractivity contribution in [3.8, 4) is 5.69 Å². The number of hydrogen-bond donors (Lipinski definition) is 1. The van der Waals surface area contributed by atoms with Gasteiger partial charge < -0.3 is 5.11 Å². The monoisotopic (exact) mass is 319 g/mol. The number of halogens is 1. The van der Waals surface area contributed by atoms with Crippen LogP contribution in [-0.4, -0.2) is 31.4 Å². The van der Waals surface area contributed by atoms with E-state index in [0.717, 1.165) is 23.0 Å². The molecule has 0 saturated carbocycles. The van der Waals surface area contributed by atoms with Crippen LogP contribution in [0.1, 0.15) is 0 Å². The molecule has 0 atom stereocenters. The van der Waals surface area contributed by atoms with E-state index in [1.165, 1.54) is 0 Å². The number of thioether (sulfide) groups is 1. The number of rotatable bonds is 4. The predicted molar refractivity (Wildman–Crippen MR) is 82.2 cm³/mol. The molecule has 0 unspecified atom stereocenters. The topological polar surface area (TPSA) is 68.0 Å². The number of nitrogens with zero attached hydrogens (tertiary/aromatic N) is 3. The van der Waals surface area contributed by atoms with E-state index in [4.69, 9.17) is 16.7 Å². The van der Waals surface area contributed by atoms with Crippen LogP contribution in [0.15, 0.2) is 47.9 Å². The number of carboxylic acids is 1. The molecule has 0 aliphatic carbocycles. The first-order valence-electron chi connectivity index (χ1n) is 6.08. The molecular weight excluding hydrogens is 310 g/mol. The molecule has 5 nitrogen and oxygen atoms in total. The fourth-order valence-corrected chi connectivity index (χ4v) is 2.93. The molecule has 0 amide bonds. The highest BCUT2D eigenvalue weighted by molar-refractivity contribution is 7.99. The van der Waals surface area contributed by atoms with E-state index >= 15 is 0 Å². The number of aromatic nitrogens is 3. The van der Waals surface area contributed by atoms with Gasteiger partial charge in [-0.2, -0.15) is 0 Å². The van der Waals surface area contributed by atoms with Crippen molar-refractivity contribution in [3.05, 3.63) is 47.7 Å². The van der Waals surface area contributed by atoms with Crippen molar-refractivity contribution >= 4 is 40.4 Å². The van der Waals surface area contributed by atoms with E-state index in [2.05, 4.69) is 9.97 Å². The number of imidazole rings is 1. The Morgan fingerprint density at radius 2 is 2.24 bits per heavy atom. The summed E-state index contributed by atoms with van der Waals surface area (Å²) in [6, 6.07) is 9.19. The van der Waals surface area contributed by atoms with E-state index in [-0.39, 0.29) is 5.75 Å². The Balaban J connectivity index is 2.17. The first kappa shape index (κ1) is 13.9. The third kappa shape index (κ3) is 2.86. The first-order valence-corrected chi connectivity index (χ1v) is 7.44. The van der Waals surface area contributed by atoms with E-state index in [0.29, 0.717) is 15.7 Å². The molecule has 0 radical (unpaired) electrons. The van der Waals surface area contributed by atoms with Gasteiger partial charge in [-0.15, -0.1) is 0 Å². The fourth-order valence-electron chi connectivity index (χ4n) is 2.00. The molecule has 106 valence electrons. The molecule has 0 spiro atoms. The Morgan fingerprint density at radius 1 is 1.38 bits per heavy atom. The second kappa shape index (κ2) is 5.75. The van der Waals surface area contributed by atoms with E-state index in [9.17, 15) is 4.79 Å². The number of fused-ring (bicyclic) bond motifs is 1. The minimum Gasteiger partial charge on any atom is -0.481 e. The molecule has 21 heavy (non-hydrogen) atoms. The third-order valence-electron chi connectivity index (χ3n) is 2.82. The van der Waals surface area contributed by atoms with Gasteiger partial charge in [-0.25, -0.2) is 4.98 Å². The zero-order valence-electron chi connectivity index (χ0n) is 10.7. The molecule has 1 N–H and O–H groups in total. The first-order chi connectivity index (χ1) is 10.1. The van der Waals surface area contributed by atoms with E-state index in [1.807, 2.05) is 28.8 Å². The number of benzene rings is 1. The lowest BCUT2D eigenvalue weighted by Crippen LogP contribution is -2.01. The molecule has 0 saturated heterocycles. The molecule has 7 heteroatoms. The third-order valence-corrected chi connectivity index (χ3v) is 3.98. The van der Waals surface area contributed by atoms with E-state index in [1.54, 1.807) is 18.5 Å². The average Bonchev–Trinajstić information content (AvgIpc) is 2.83. The van der Waals surface area contributed by atoms with Gasteiger partial charge >= 0.3 is 5.97 Å². The predicted octanol–water partition coefficient (Wildman–Crippen LogP) is 3.25. The van der Waals surface area contributed by atoms with Gasteiger partial charge in [0.25, 0.3) is 0 Å². The number of aliphatic carboxylic acids is 1.